The van der Waals surface area contributed by atoms with Gasteiger partial charge in [-0.1, -0.05) is 0 Å². The summed E-state index contributed by atoms with van der Waals surface area (Å²) in [6, 6.07) is 9.40. The molecule has 2 aromatic heterocycles. The third-order valence-electron chi connectivity index (χ3n) is 2.72. The van der Waals surface area contributed by atoms with Crippen LogP contribution in [-0.2, 0) is 0 Å². The summed E-state index contributed by atoms with van der Waals surface area (Å²) in [5, 5.41) is 14.7. The topological polar surface area (TPSA) is 82.6 Å². The van der Waals surface area contributed by atoms with Crippen molar-refractivity contribution in [3.63, 3.8) is 0 Å². The van der Waals surface area contributed by atoms with Gasteiger partial charge in [0, 0.05) is 30.0 Å². The van der Waals surface area contributed by atoms with Crippen LogP contribution in [0.25, 0.3) is 5.65 Å². The lowest BCUT2D eigenvalue weighted by Gasteiger charge is -2.07. The predicted octanol–water partition coefficient (Wildman–Crippen LogP) is 2.74. The van der Waals surface area contributed by atoms with Gasteiger partial charge in [0.05, 0.1) is 11.1 Å². The van der Waals surface area contributed by atoms with Crippen LogP contribution >= 0.6 is 0 Å². The summed E-state index contributed by atoms with van der Waals surface area (Å²) in [6.45, 7) is 1.86. The van der Waals surface area contributed by atoms with Crippen molar-refractivity contribution in [3.8, 4) is 11.6 Å². The Morgan fingerprint density at radius 2 is 2.00 bits per heavy atom. The van der Waals surface area contributed by atoms with Crippen molar-refractivity contribution in [1.29, 1.82) is 0 Å². The molecule has 2 heterocycles. The molecule has 1 aromatic carbocycles. The van der Waals surface area contributed by atoms with Gasteiger partial charge in [0.25, 0.3) is 5.69 Å². The second-order valence-electron chi connectivity index (χ2n) is 4.19. The fraction of sp³-hybridized carbons (Fsp3) is 0.0769. The molecule has 100 valence electrons. The number of aromatic nitrogens is 3. The second kappa shape index (κ2) is 4.61. The number of hydrogen-bond donors (Lipinski definition) is 0. The maximum absolute atomic E-state index is 10.6. The van der Waals surface area contributed by atoms with Crippen molar-refractivity contribution in [2.75, 3.05) is 0 Å². The van der Waals surface area contributed by atoms with Gasteiger partial charge in [-0.2, -0.15) is 9.61 Å². The van der Waals surface area contributed by atoms with E-state index in [0.717, 1.165) is 5.69 Å². The Morgan fingerprint density at radius 1 is 1.25 bits per heavy atom. The monoisotopic (exact) mass is 270 g/mol. The Bertz CT molecular complexity index is 780. The van der Waals surface area contributed by atoms with Gasteiger partial charge >= 0.3 is 0 Å². The van der Waals surface area contributed by atoms with Crippen LogP contribution in [-0.4, -0.2) is 19.5 Å². The first-order chi connectivity index (χ1) is 9.63. The van der Waals surface area contributed by atoms with Crippen LogP contribution in [0.15, 0.2) is 42.6 Å². The number of rotatable bonds is 3. The highest BCUT2D eigenvalue weighted by Gasteiger charge is 2.08. The number of ether oxygens (including phenoxy) is 1. The lowest BCUT2D eigenvalue weighted by atomic mass is 10.3. The molecule has 0 aliphatic carbocycles. The molecule has 0 saturated carbocycles. The molecule has 0 fully saturated rings. The van der Waals surface area contributed by atoms with Crippen molar-refractivity contribution in [2.45, 2.75) is 6.92 Å². The summed E-state index contributed by atoms with van der Waals surface area (Å²) >= 11 is 0. The molecular formula is C13H10N4O3. The van der Waals surface area contributed by atoms with Crippen LogP contribution in [0.5, 0.6) is 11.6 Å². The zero-order valence-electron chi connectivity index (χ0n) is 10.6. The van der Waals surface area contributed by atoms with Gasteiger partial charge in [-0.15, -0.1) is 0 Å². The molecule has 0 amide bonds. The molecule has 0 spiro atoms. The largest absolute Gasteiger partial charge is 0.439 e. The average molecular weight is 270 g/mol. The number of fused-ring (bicyclic) bond motifs is 1. The second-order valence-corrected chi connectivity index (χ2v) is 4.19. The van der Waals surface area contributed by atoms with Crippen LogP contribution in [0, 0.1) is 17.0 Å². The van der Waals surface area contributed by atoms with E-state index in [1.54, 1.807) is 35.0 Å². The number of nitrogens with zero attached hydrogens (tertiary/aromatic N) is 4. The number of nitro groups is 1. The Morgan fingerprint density at radius 3 is 2.70 bits per heavy atom. The molecule has 0 saturated heterocycles. The first-order valence-corrected chi connectivity index (χ1v) is 5.87. The van der Waals surface area contributed by atoms with Gasteiger partial charge in [-0.05, 0) is 19.1 Å². The van der Waals surface area contributed by atoms with Crippen molar-refractivity contribution < 1.29 is 9.66 Å². The number of non-ortho nitro benzene ring substituents is 1. The van der Waals surface area contributed by atoms with Crippen molar-refractivity contribution in [3.05, 3.63) is 58.4 Å². The number of nitro benzene ring substituents is 1. The maximum atomic E-state index is 10.6. The molecule has 3 rings (SSSR count). The molecule has 3 aromatic rings. The van der Waals surface area contributed by atoms with Gasteiger partial charge in [-0.3, -0.25) is 10.1 Å². The molecule has 0 aliphatic rings. The SMILES string of the molecule is Cc1cc(Oc2ccc([N+](=O)[O-])cc2)n2nccc2n1. The maximum Gasteiger partial charge on any atom is 0.269 e. The lowest BCUT2D eigenvalue weighted by molar-refractivity contribution is -0.384. The van der Waals surface area contributed by atoms with E-state index >= 15 is 0 Å². The average Bonchev–Trinajstić information content (AvgIpc) is 2.87. The van der Waals surface area contributed by atoms with E-state index in [2.05, 4.69) is 10.1 Å². The number of aryl methyl sites for hydroxylation is 1. The molecule has 20 heavy (non-hydrogen) atoms. The van der Waals surface area contributed by atoms with Gasteiger partial charge < -0.3 is 4.74 Å². The Labute approximate surface area is 113 Å². The van der Waals surface area contributed by atoms with Crippen LogP contribution < -0.4 is 4.74 Å². The third-order valence-corrected chi connectivity index (χ3v) is 2.72. The highest BCUT2D eigenvalue weighted by molar-refractivity contribution is 5.43. The van der Waals surface area contributed by atoms with Gasteiger partial charge in [-0.25, -0.2) is 4.98 Å². The molecule has 7 heteroatoms. The molecule has 0 atom stereocenters. The van der Waals surface area contributed by atoms with E-state index in [9.17, 15) is 10.1 Å². The normalized spacial score (nSPS) is 10.7. The van der Waals surface area contributed by atoms with Gasteiger partial charge in [0.15, 0.2) is 5.65 Å². The van der Waals surface area contributed by atoms with E-state index < -0.39 is 4.92 Å². The minimum absolute atomic E-state index is 0.0208. The Hall–Kier alpha value is -2.96. The van der Waals surface area contributed by atoms with E-state index in [4.69, 9.17) is 4.74 Å². The summed E-state index contributed by atoms with van der Waals surface area (Å²) in [4.78, 5) is 14.5. The minimum Gasteiger partial charge on any atom is -0.439 e. The van der Waals surface area contributed by atoms with Crippen molar-refractivity contribution in [1.82, 2.24) is 14.6 Å². The predicted molar refractivity (Wildman–Crippen MR) is 70.9 cm³/mol. The fourth-order valence-corrected chi connectivity index (χ4v) is 1.83. The highest BCUT2D eigenvalue weighted by Crippen LogP contribution is 2.24. The van der Waals surface area contributed by atoms with Gasteiger partial charge in [0.1, 0.15) is 5.75 Å². The molecular weight excluding hydrogens is 260 g/mol. The Balaban J connectivity index is 1.96. The van der Waals surface area contributed by atoms with Crippen LogP contribution in [0.2, 0.25) is 0 Å². The minimum atomic E-state index is -0.452. The first kappa shape index (κ1) is 12.1. The summed E-state index contributed by atoms with van der Waals surface area (Å²) < 4.78 is 7.27. The summed E-state index contributed by atoms with van der Waals surface area (Å²) in [7, 11) is 0. The van der Waals surface area contributed by atoms with Crippen LogP contribution in [0.3, 0.4) is 0 Å². The zero-order chi connectivity index (χ0) is 14.1. The van der Waals surface area contributed by atoms with Crippen LogP contribution in [0.4, 0.5) is 5.69 Å². The first-order valence-electron chi connectivity index (χ1n) is 5.87. The van der Waals surface area contributed by atoms with E-state index in [-0.39, 0.29) is 5.69 Å². The van der Waals surface area contributed by atoms with E-state index in [1.165, 1.54) is 12.1 Å². The summed E-state index contributed by atoms with van der Waals surface area (Å²) in [5.74, 6) is 1.00. The number of hydrogen-bond acceptors (Lipinski definition) is 5. The van der Waals surface area contributed by atoms with Crippen LogP contribution in [0.1, 0.15) is 5.69 Å². The molecule has 0 bridgehead atoms. The van der Waals surface area contributed by atoms with Crippen molar-refractivity contribution >= 4 is 11.3 Å². The number of benzene rings is 1. The summed E-state index contributed by atoms with van der Waals surface area (Å²) in [5.41, 5.74) is 1.50. The van der Waals surface area contributed by atoms with E-state index in [1.807, 2.05) is 6.92 Å². The molecule has 0 unspecified atom stereocenters. The summed E-state index contributed by atoms with van der Waals surface area (Å²) in [6.07, 6.45) is 1.63. The molecule has 7 nitrogen and oxygen atoms in total. The zero-order valence-corrected chi connectivity index (χ0v) is 10.6. The van der Waals surface area contributed by atoms with Crippen molar-refractivity contribution in [2.24, 2.45) is 0 Å². The van der Waals surface area contributed by atoms with E-state index in [0.29, 0.717) is 17.3 Å². The fourth-order valence-electron chi connectivity index (χ4n) is 1.83. The molecule has 0 radical (unpaired) electrons. The molecule has 0 aliphatic heterocycles. The standard InChI is InChI=1S/C13H10N4O3/c1-9-8-13(16-12(15-9)6-7-14-16)20-11-4-2-10(3-5-11)17(18)19/h2-8H,1H3. The Kier molecular flexibility index (Phi) is 2.79. The molecule has 0 N–H and O–H groups in total. The van der Waals surface area contributed by atoms with Gasteiger partial charge in [0.2, 0.25) is 5.88 Å². The quantitative estimate of drug-likeness (QED) is 0.539. The third kappa shape index (κ3) is 2.16. The lowest BCUT2D eigenvalue weighted by Crippen LogP contribution is -1.98. The smallest absolute Gasteiger partial charge is 0.269 e. The highest BCUT2D eigenvalue weighted by atomic mass is 16.6.